The van der Waals surface area contributed by atoms with Crippen molar-refractivity contribution < 1.29 is 0 Å². The van der Waals surface area contributed by atoms with Gasteiger partial charge in [0.25, 0.3) is 0 Å². The zero-order chi connectivity index (χ0) is 17.6. The average molecular weight is 369 g/mol. The molecule has 2 aromatic heterocycles. The Labute approximate surface area is 157 Å². The van der Waals surface area contributed by atoms with Gasteiger partial charge in [0.1, 0.15) is 5.82 Å². The maximum atomic E-state index is 6.29. The molecule has 0 radical (unpaired) electrons. The molecule has 0 spiro atoms. The highest BCUT2D eigenvalue weighted by atomic mass is 35.5. The first-order chi connectivity index (χ1) is 12.1. The zero-order valence-corrected chi connectivity index (χ0v) is 15.7. The van der Waals surface area contributed by atoms with E-state index in [-0.39, 0.29) is 0 Å². The molecular weight excluding hydrogens is 351 g/mol. The van der Waals surface area contributed by atoms with Crippen LogP contribution in [0.5, 0.6) is 0 Å². The summed E-state index contributed by atoms with van der Waals surface area (Å²) in [6.45, 7) is 4.20. The first-order valence-electron chi connectivity index (χ1n) is 8.33. The van der Waals surface area contributed by atoms with Gasteiger partial charge in [0.05, 0.1) is 11.0 Å². The zero-order valence-electron chi connectivity index (χ0n) is 14.2. The van der Waals surface area contributed by atoms with Gasteiger partial charge in [-0.1, -0.05) is 41.9 Å². The Morgan fingerprint density at radius 3 is 2.52 bits per heavy atom. The van der Waals surface area contributed by atoms with Crippen molar-refractivity contribution in [3.63, 3.8) is 0 Å². The Hall–Kier alpha value is -2.03. The van der Waals surface area contributed by atoms with Crippen molar-refractivity contribution in [2.45, 2.75) is 20.3 Å². The van der Waals surface area contributed by atoms with Crippen molar-refractivity contribution in [3.05, 3.63) is 70.4 Å². The normalized spacial score (nSPS) is 11.5. The molecule has 0 amide bonds. The van der Waals surface area contributed by atoms with Crippen molar-refractivity contribution in [2.75, 3.05) is 5.88 Å². The molecular formula is C21H18Cl2N2. The average Bonchev–Trinajstić information content (AvgIpc) is 2.93. The molecule has 0 saturated carbocycles. The van der Waals surface area contributed by atoms with Crippen LogP contribution in [0.1, 0.15) is 16.8 Å². The summed E-state index contributed by atoms with van der Waals surface area (Å²) in [4.78, 5) is 4.91. The molecule has 2 nitrogen and oxygen atoms in total. The molecule has 0 N–H and O–H groups in total. The lowest BCUT2D eigenvalue weighted by atomic mass is 10.1. The molecule has 2 heterocycles. The number of aromatic nitrogens is 2. The van der Waals surface area contributed by atoms with Gasteiger partial charge < -0.3 is 0 Å². The van der Waals surface area contributed by atoms with E-state index in [9.17, 15) is 0 Å². The first-order valence-corrected chi connectivity index (χ1v) is 9.24. The van der Waals surface area contributed by atoms with Crippen LogP contribution in [-0.2, 0) is 6.42 Å². The van der Waals surface area contributed by atoms with E-state index in [0.29, 0.717) is 5.88 Å². The standard InChI is InChI=1S/C21H18Cl2N2/c1-13-14(2)24-21(15-6-4-3-5-7-15)25-19-9-8-16(23)12-18(19)17(10-11-22)20(13)25/h3-9,12H,10-11H2,1-2H3. The number of aryl methyl sites for hydroxylation is 3. The van der Waals surface area contributed by atoms with Crippen LogP contribution in [0.4, 0.5) is 0 Å². The lowest BCUT2D eigenvalue weighted by Gasteiger charge is -2.12. The number of rotatable bonds is 3. The van der Waals surface area contributed by atoms with Crippen LogP contribution in [0.3, 0.4) is 0 Å². The molecule has 0 aliphatic rings. The predicted molar refractivity (Wildman–Crippen MR) is 107 cm³/mol. The minimum Gasteiger partial charge on any atom is -0.293 e. The van der Waals surface area contributed by atoms with Gasteiger partial charge in [0, 0.05) is 27.5 Å². The van der Waals surface area contributed by atoms with Crippen LogP contribution in [0.2, 0.25) is 5.02 Å². The Kier molecular flexibility index (Phi) is 4.18. The molecule has 4 aromatic rings. The highest BCUT2D eigenvalue weighted by molar-refractivity contribution is 6.31. The fraction of sp³-hybridized carbons (Fsp3) is 0.190. The number of hydrogen-bond acceptors (Lipinski definition) is 1. The van der Waals surface area contributed by atoms with E-state index in [1.54, 1.807) is 0 Å². The van der Waals surface area contributed by atoms with Crippen molar-refractivity contribution in [1.82, 2.24) is 9.38 Å². The van der Waals surface area contributed by atoms with E-state index in [0.717, 1.165) is 39.4 Å². The SMILES string of the molecule is Cc1nc(-c2ccccc2)n2c(c1C)c(CCCl)c1cc(Cl)ccc12. The summed E-state index contributed by atoms with van der Waals surface area (Å²) in [5.41, 5.74) is 6.88. The van der Waals surface area contributed by atoms with Crippen molar-refractivity contribution in [3.8, 4) is 11.4 Å². The van der Waals surface area contributed by atoms with E-state index >= 15 is 0 Å². The summed E-state index contributed by atoms with van der Waals surface area (Å²) in [6.07, 6.45) is 0.799. The third kappa shape index (κ3) is 2.61. The monoisotopic (exact) mass is 368 g/mol. The quantitative estimate of drug-likeness (QED) is 0.393. The van der Waals surface area contributed by atoms with Gasteiger partial charge in [0.2, 0.25) is 0 Å². The summed E-state index contributed by atoms with van der Waals surface area (Å²) >= 11 is 12.4. The number of hydrogen-bond donors (Lipinski definition) is 0. The van der Waals surface area contributed by atoms with E-state index in [1.807, 2.05) is 30.3 Å². The van der Waals surface area contributed by atoms with E-state index < -0.39 is 0 Å². The molecule has 0 saturated heterocycles. The Morgan fingerprint density at radius 1 is 1.04 bits per heavy atom. The van der Waals surface area contributed by atoms with E-state index in [4.69, 9.17) is 28.2 Å². The van der Waals surface area contributed by atoms with Crippen LogP contribution in [0.25, 0.3) is 27.8 Å². The molecule has 2 aromatic carbocycles. The summed E-state index contributed by atoms with van der Waals surface area (Å²) in [5, 5.41) is 1.89. The minimum atomic E-state index is 0.572. The number of fused-ring (bicyclic) bond motifs is 3. The van der Waals surface area contributed by atoms with Gasteiger partial charge in [-0.15, -0.1) is 11.6 Å². The summed E-state index contributed by atoms with van der Waals surface area (Å²) in [5.74, 6) is 1.52. The van der Waals surface area contributed by atoms with Gasteiger partial charge in [-0.2, -0.15) is 0 Å². The highest BCUT2D eigenvalue weighted by Crippen LogP contribution is 2.35. The second-order valence-corrected chi connectivity index (χ2v) is 7.09. The lowest BCUT2D eigenvalue weighted by molar-refractivity contribution is 1.05. The fourth-order valence-electron chi connectivity index (χ4n) is 3.53. The molecule has 0 fully saturated rings. The smallest absolute Gasteiger partial charge is 0.145 e. The van der Waals surface area contributed by atoms with Gasteiger partial charge in [-0.05, 0) is 49.6 Å². The Balaban J connectivity index is 2.24. The van der Waals surface area contributed by atoms with Crippen LogP contribution >= 0.6 is 23.2 Å². The predicted octanol–water partition coefficient (Wildman–Crippen LogP) is 6.21. The van der Waals surface area contributed by atoms with Crippen molar-refractivity contribution in [2.24, 2.45) is 0 Å². The first kappa shape index (κ1) is 16.4. The van der Waals surface area contributed by atoms with E-state index in [1.165, 1.54) is 16.6 Å². The third-order valence-electron chi connectivity index (χ3n) is 4.79. The van der Waals surface area contributed by atoms with Crippen LogP contribution < -0.4 is 0 Å². The maximum absolute atomic E-state index is 6.29. The Morgan fingerprint density at radius 2 is 1.80 bits per heavy atom. The number of alkyl halides is 1. The molecule has 0 unspecified atom stereocenters. The molecule has 25 heavy (non-hydrogen) atoms. The lowest BCUT2D eigenvalue weighted by Crippen LogP contribution is -2.02. The fourth-order valence-corrected chi connectivity index (χ4v) is 3.90. The second kappa shape index (κ2) is 6.36. The molecule has 0 atom stereocenters. The summed E-state index contributed by atoms with van der Waals surface area (Å²) in [7, 11) is 0. The molecule has 0 aliphatic heterocycles. The molecule has 0 bridgehead atoms. The summed E-state index contributed by atoms with van der Waals surface area (Å²) in [6, 6.07) is 16.3. The van der Waals surface area contributed by atoms with Gasteiger partial charge in [-0.25, -0.2) is 4.98 Å². The highest BCUT2D eigenvalue weighted by Gasteiger charge is 2.19. The van der Waals surface area contributed by atoms with Crippen molar-refractivity contribution >= 4 is 39.6 Å². The largest absolute Gasteiger partial charge is 0.293 e. The van der Waals surface area contributed by atoms with Crippen LogP contribution in [0.15, 0.2) is 48.5 Å². The minimum absolute atomic E-state index is 0.572. The number of nitrogens with zero attached hydrogens (tertiary/aromatic N) is 2. The number of benzene rings is 2. The van der Waals surface area contributed by atoms with Crippen molar-refractivity contribution in [1.29, 1.82) is 0 Å². The molecule has 4 heteroatoms. The topological polar surface area (TPSA) is 17.3 Å². The maximum Gasteiger partial charge on any atom is 0.145 e. The number of halogens is 2. The van der Waals surface area contributed by atoms with Gasteiger partial charge >= 0.3 is 0 Å². The van der Waals surface area contributed by atoms with Gasteiger partial charge in [0.15, 0.2) is 0 Å². The molecule has 126 valence electrons. The molecule has 4 rings (SSSR count). The van der Waals surface area contributed by atoms with Crippen LogP contribution in [0, 0.1) is 13.8 Å². The summed E-state index contributed by atoms with van der Waals surface area (Å²) < 4.78 is 2.26. The Bertz CT molecular complexity index is 1080. The second-order valence-electron chi connectivity index (χ2n) is 6.27. The molecule has 0 aliphatic carbocycles. The van der Waals surface area contributed by atoms with Gasteiger partial charge in [-0.3, -0.25) is 4.40 Å². The van der Waals surface area contributed by atoms with Crippen LogP contribution in [-0.4, -0.2) is 15.3 Å². The van der Waals surface area contributed by atoms with E-state index in [2.05, 4.69) is 36.4 Å². The third-order valence-corrected chi connectivity index (χ3v) is 5.22.